The summed E-state index contributed by atoms with van der Waals surface area (Å²) in [6.07, 6.45) is 5.71. The van der Waals surface area contributed by atoms with E-state index in [1.807, 2.05) is 38.6 Å². The fraction of sp³-hybridized carbons (Fsp3) is 0.389. The predicted molar refractivity (Wildman–Crippen MR) is 103 cm³/mol. The van der Waals surface area contributed by atoms with Gasteiger partial charge in [-0.25, -0.2) is 15.0 Å². The molecule has 0 aliphatic carbocycles. The second-order valence-corrected chi connectivity index (χ2v) is 6.61. The Bertz CT molecular complexity index is 909. The van der Waals surface area contributed by atoms with Crippen LogP contribution in [-0.4, -0.2) is 56.9 Å². The molecule has 4 heterocycles. The van der Waals surface area contributed by atoms with Gasteiger partial charge in [-0.2, -0.15) is 0 Å². The highest BCUT2D eigenvalue weighted by molar-refractivity contribution is 5.89. The molecule has 3 N–H and O–H groups in total. The lowest BCUT2D eigenvalue weighted by atomic mass is 10.2. The second kappa shape index (κ2) is 6.80. The maximum atomic E-state index is 10.2. The number of anilines is 3. The highest BCUT2D eigenvalue weighted by Gasteiger charge is 2.32. The highest BCUT2D eigenvalue weighted by Crippen LogP contribution is 2.27. The van der Waals surface area contributed by atoms with E-state index in [1.54, 1.807) is 6.33 Å². The first-order valence-corrected chi connectivity index (χ1v) is 8.74. The normalized spacial score (nSPS) is 19.9. The van der Waals surface area contributed by atoms with Gasteiger partial charge in [0.25, 0.3) is 0 Å². The van der Waals surface area contributed by atoms with E-state index in [4.69, 9.17) is 0 Å². The Labute approximate surface area is 151 Å². The van der Waals surface area contributed by atoms with E-state index < -0.39 is 0 Å². The Morgan fingerprint density at radius 3 is 3.00 bits per heavy atom. The number of aliphatic hydroxyl groups excluding tert-OH is 1. The molecule has 136 valence electrons. The van der Waals surface area contributed by atoms with Crippen molar-refractivity contribution < 1.29 is 5.11 Å². The van der Waals surface area contributed by atoms with Gasteiger partial charge in [-0.1, -0.05) is 0 Å². The lowest BCUT2D eigenvalue weighted by Crippen LogP contribution is -2.36. The summed E-state index contributed by atoms with van der Waals surface area (Å²) in [4.78, 5) is 15.2. The molecule has 1 fully saturated rings. The number of nitrogens with zero attached hydrogens (tertiary/aromatic N) is 5. The Morgan fingerprint density at radius 2 is 2.15 bits per heavy atom. The molecular formula is C18H23N7O. The van der Waals surface area contributed by atoms with Crippen LogP contribution in [0, 0.1) is 0 Å². The molecule has 3 aromatic heterocycles. The molecule has 26 heavy (non-hydrogen) atoms. The van der Waals surface area contributed by atoms with Crippen LogP contribution in [0.2, 0.25) is 0 Å². The van der Waals surface area contributed by atoms with E-state index in [1.165, 1.54) is 0 Å². The van der Waals surface area contributed by atoms with Crippen LogP contribution in [0.4, 0.5) is 17.5 Å². The van der Waals surface area contributed by atoms with Crippen molar-refractivity contribution in [1.82, 2.24) is 19.5 Å². The van der Waals surface area contributed by atoms with Crippen molar-refractivity contribution in [2.45, 2.75) is 18.6 Å². The SMILES string of the molecule is CNc1cc(N2C[C@H](O)C[C@@H]2CNc2nccc3ccn(C)c23)ncn1. The van der Waals surface area contributed by atoms with E-state index >= 15 is 0 Å². The van der Waals surface area contributed by atoms with Crippen LogP contribution < -0.4 is 15.5 Å². The number of aromatic nitrogens is 4. The van der Waals surface area contributed by atoms with Crippen LogP contribution in [0.1, 0.15) is 6.42 Å². The summed E-state index contributed by atoms with van der Waals surface area (Å²) in [6, 6.07) is 6.11. The van der Waals surface area contributed by atoms with Crippen molar-refractivity contribution in [2.75, 3.05) is 35.7 Å². The standard InChI is InChI=1S/C18H23N7O/c1-19-15-8-16(23-11-22-15)25-10-14(26)7-13(25)9-21-18-17-12(3-5-20-18)4-6-24(17)2/h3-6,8,11,13-14,26H,7,9-10H2,1-2H3,(H,20,21)(H,19,22,23)/t13-,14-/m1/s1. The minimum Gasteiger partial charge on any atom is -0.391 e. The van der Waals surface area contributed by atoms with E-state index in [2.05, 4.69) is 41.1 Å². The van der Waals surface area contributed by atoms with Gasteiger partial charge in [0, 0.05) is 51.0 Å². The van der Waals surface area contributed by atoms with Crippen LogP contribution in [0.25, 0.3) is 10.9 Å². The summed E-state index contributed by atoms with van der Waals surface area (Å²) in [5.41, 5.74) is 1.08. The lowest BCUT2D eigenvalue weighted by Gasteiger charge is -2.26. The quantitative estimate of drug-likeness (QED) is 0.639. The number of pyridine rings is 1. The zero-order valence-corrected chi connectivity index (χ0v) is 14.9. The first kappa shape index (κ1) is 16.6. The van der Waals surface area contributed by atoms with Crippen molar-refractivity contribution in [2.24, 2.45) is 7.05 Å². The van der Waals surface area contributed by atoms with Crippen molar-refractivity contribution >= 4 is 28.4 Å². The van der Waals surface area contributed by atoms with Gasteiger partial charge in [-0.3, -0.25) is 0 Å². The number of aliphatic hydroxyl groups is 1. The maximum absolute atomic E-state index is 10.2. The third-order valence-electron chi connectivity index (χ3n) is 4.89. The largest absolute Gasteiger partial charge is 0.391 e. The van der Waals surface area contributed by atoms with Crippen molar-refractivity contribution in [3.05, 3.63) is 36.9 Å². The molecule has 0 bridgehead atoms. The number of aryl methyl sites for hydroxylation is 1. The fourth-order valence-corrected chi connectivity index (χ4v) is 3.59. The molecule has 4 rings (SSSR count). The average molecular weight is 353 g/mol. The molecule has 1 aliphatic rings. The molecule has 1 saturated heterocycles. The molecule has 8 nitrogen and oxygen atoms in total. The Morgan fingerprint density at radius 1 is 1.27 bits per heavy atom. The van der Waals surface area contributed by atoms with Crippen molar-refractivity contribution in [3.63, 3.8) is 0 Å². The predicted octanol–water partition coefficient (Wildman–Crippen LogP) is 1.46. The molecule has 0 unspecified atom stereocenters. The van der Waals surface area contributed by atoms with E-state index in [9.17, 15) is 5.11 Å². The summed E-state index contributed by atoms with van der Waals surface area (Å²) in [6.45, 7) is 1.24. The van der Waals surface area contributed by atoms with Crippen LogP contribution in [0.3, 0.4) is 0 Å². The Balaban J connectivity index is 1.55. The van der Waals surface area contributed by atoms with E-state index in [0.29, 0.717) is 19.5 Å². The number of hydrogen-bond acceptors (Lipinski definition) is 7. The monoisotopic (exact) mass is 353 g/mol. The summed E-state index contributed by atoms with van der Waals surface area (Å²) >= 11 is 0. The Hall–Kier alpha value is -2.87. The molecule has 0 amide bonds. The molecule has 2 atom stereocenters. The topological polar surface area (TPSA) is 91.1 Å². The first-order chi connectivity index (χ1) is 12.7. The van der Waals surface area contributed by atoms with Crippen LogP contribution in [-0.2, 0) is 7.05 Å². The number of hydrogen-bond donors (Lipinski definition) is 3. The zero-order valence-electron chi connectivity index (χ0n) is 14.9. The minimum absolute atomic E-state index is 0.127. The maximum Gasteiger partial charge on any atom is 0.150 e. The molecule has 3 aromatic rings. The number of rotatable bonds is 5. The molecule has 0 radical (unpaired) electrons. The van der Waals surface area contributed by atoms with Crippen LogP contribution in [0.15, 0.2) is 36.9 Å². The lowest BCUT2D eigenvalue weighted by molar-refractivity contribution is 0.194. The number of nitrogens with one attached hydrogen (secondary N) is 2. The summed E-state index contributed by atoms with van der Waals surface area (Å²) < 4.78 is 2.07. The average Bonchev–Trinajstić information content (AvgIpc) is 3.23. The van der Waals surface area contributed by atoms with Gasteiger partial charge >= 0.3 is 0 Å². The van der Waals surface area contributed by atoms with Crippen molar-refractivity contribution in [3.8, 4) is 0 Å². The third-order valence-corrected chi connectivity index (χ3v) is 4.89. The van der Waals surface area contributed by atoms with Gasteiger partial charge in [0.05, 0.1) is 17.7 Å². The third kappa shape index (κ3) is 3.03. The second-order valence-electron chi connectivity index (χ2n) is 6.61. The molecule has 0 saturated carbocycles. The van der Waals surface area contributed by atoms with E-state index in [0.717, 1.165) is 28.4 Å². The molecule has 8 heteroatoms. The smallest absolute Gasteiger partial charge is 0.150 e. The first-order valence-electron chi connectivity index (χ1n) is 8.74. The highest BCUT2D eigenvalue weighted by atomic mass is 16.3. The minimum atomic E-state index is -0.367. The van der Waals surface area contributed by atoms with Crippen LogP contribution >= 0.6 is 0 Å². The van der Waals surface area contributed by atoms with Gasteiger partial charge in [-0.05, 0) is 18.6 Å². The zero-order chi connectivity index (χ0) is 18.1. The number of fused-ring (bicyclic) bond motifs is 1. The number of β-amino-alcohol motifs (C(OH)–C–C–N with tert-alkyl or cyclic N) is 1. The summed E-state index contributed by atoms with van der Waals surface area (Å²) in [5, 5.41) is 17.8. The van der Waals surface area contributed by atoms with Gasteiger partial charge in [0.15, 0.2) is 5.82 Å². The summed E-state index contributed by atoms with van der Waals surface area (Å²) in [7, 11) is 3.84. The van der Waals surface area contributed by atoms with Gasteiger partial charge in [0.2, 0.25) is 0 Å². The van der Waals surface area contributed by atoms with Gasteiger partial charge in [0.1, 0.15) is 18.0 Å². The molecular weight excluding hydrogens is 330 g/mol. The Kier molecular flexibility index (Phi) is 4.34. The van der Waals surface area contributed by atoms with Gasteiger partial charge < -0.3 is 25.2 Å². The van der Waals surface area contributed by atoms with Crippen LogP contribution in [0.5, 0.6) is 0 Å². The molecule has 0 spiro atoms. The summed E-state index contributed by atoms with van der Waals surface area (Å²) in [5.74, 6) is 2.44. The fourth-order valence-electron chi connectivity index (χ4n) is 3.59. The van der Waals surface area contributed by atoms with E-state index in [-0.39, 0.29) is 12.1 Å². The van der Waals surface area contributed by atoms with Crippen molar-refractivity contribution in [1.29, 1.82) is 0 Å². The molecule has 0 aromatic carbocycles. The molecule has 1 aliphatic heterocycles. The van der Waals surface area contributed by atoms with Gasteiger partial charge in [-0.15, -0.1) is 0 Å².